The van der Waals surface area contributed by atoms with Crippen molar-refractivity contribution < 1.29 is 9.53 Å². The predicted molar refractivity (Wildman–Crippen MR) is 146 cm³/mol. The van der Waals surface area contributed by atoms with Gasteiger partial charge in [-0.25, -0.2) is 9.97 Å². The number of benzene rings is 2. The SMILES string of the molecule is CCCCc1ccc(OC)c(-c2csc(NC(=O)c3ccc(I)cc3)n2)c1.Nc1nccs1. The molecule has 0 radical (unpaired) electrons. The summed E-state index contributed by atoms with van der Waals surface area (Å²) in [6.07, 6.45) is 5.03. The van der Waals surface area contributed by atoms with E-state index in [4.69, 9.17) is 10.5 Å². The van der Waals surface area contributed by atoms with E-state index in [-0.39, 0.29) is 5.91 Å². The Labute approximate surface area is 215 Å². The van der Waals surface area contributed by atoms with E-state index in [9.17, 15) is 4.79 Å². The average molecular weight is 593 g/mol. The van der Waals surface area contributed by atoms with Gasteiger partial charge < -0.3 is 10.5 Å². The lowest BCUT2D eigenvalue weighted by Gasteiger charge is -2.09. The number of rotatable bonds is 7. The summed E-state index contributed by atoms with van der Waals surface area (Å²) in [4.78, 5) is 20.7. The number of nitrogen functional groups attached to an aromatic ring is 1. The van der Waals surface area contributed by atoms with E-state index in [0.29, 0.717) is 15.8 Å². The first-order valence-corrected chi connectivity index (χ1v) is 13.2. The highest BCUT2D eigenvalue weighted by atomic mass is 127. The molecule has 0 aliphatic heterocycles. The van der Waals surface area contributed by atoms with Crippen LogP contribution in [0.15, 0.2) is 59.4 Å². The molecular weight excluding hydrogens is 567 g/mol. The highest BCUT2D eigenvalue weighted by Gasteiger charge is 2.13. The Hall–Kier alpha value is -2.50. The molecule has 2 heterocycles. The maximum absolute atomic E-state index is 12.4. The third kappa shape index (κ3) is 7.51. The summed E-state index contributed by atoms with van der Waals surface area (Å²) in [6, 6.07) is 13.7. The fourth-order valence-electron chi connectivity index (χ4n) is 2.95. The maximum atomic E-state index is 12.4. The number of nitrogens with one attached hydrogen (secondary N) is 1. The lowest BCUT2D eigenvalue weighted by atomic mass is 10.0. The second kappa shape index (κ2) is 12.7. The zero-order valence-corrected chi connectivity index (χ0v) is 22.2. The number of aromatic nitrogens is 2. The molecule has 3 N–H and O–H groups in total. The van der Waals surface area contributed by atoms with Crippen molar-refractivity contribution in [1.29, 1.82) is 0 Å². The molecule has 172 valence electrons. The van der Waals surface area contributed by atoms with Crippen LogP contribution in [0.1, 0.15) is 35.7 Å². The first-order valence-electron chi connectivity index (χ1n) is 10.3. The molecule has 1 amide bonds. The van der Waals surface area contributed by atoms with E-state index < -0.39 is 0 Å². The van der Waals surface area contributed by atoms with E-state index in [1.54, 1.807) is 13.3 Å². The van der Waals surface area contributed by atoms with Gasteiger partial charge in [-0.05, 0) is 77.4 Å². The number of thiazole rings is 2. The van der Waals surface area contributed by atoms with Crippen LogP contribution in [0.4, 0.5) is 10.3 Å². The van der Waals surface area contributed by atoms with Crippen molar-refractivity contribution in [3.05, 3.63) is 74.1 Å². The summed E-state index contributed by atoms with van der Waals surface area (Å²) >= 11 is 5.07. The lowest BCUT2D eigenvalue weighted by Crippen LogP contribution is -2.11. The molecule has 0 atom stereocenters. The summed E-state index contributed by atoms with van der Waals surface area (Å²) in [5.74, 6) is 0.632. The number of nitrogens with zero attached hydrogens (tertiary/aromatic N) is 2. The summed E-state index contributed by atoms with van der Waals surface area (Å²) in [5, 5.41) is 7.88. The standard InChI is InChI=1S/C21H21IN2O2S.C3H4N2S/c1-3-4-5-14-6-11-19(26-2)17(12-14)18-13-27-21(23-18)24-20(25)15-7-9-16(22)10-8-15;4-3-5-1-2-6-3/h6-13H,3-5H2,1-2H3,(H,23,24,25);1-2H,(H2,4,5). The number of hydrogen-bond acceptors (Lipinski definition) is 7. The Kier molecular flexibility index (Phi) is 9.64. The quantitative estimate of drug-likeness (QED) is 0.232. The Morgan fingerprint density at radius 1 is 1.18 bits per heavy atom. The smallest absolute Gasteiger partial charge is 0.257 e. The highest BCUT2D eigenvalue weighted by molar-refractivity contribution is 14.1. The number of anilines is 2. The van der Waals surface area contributed by atoms with Crippen molar-refractivity contribution in [1.82, 2.24) is 9.97 Å². The van der Waals surface area contributed by atoms with Gasteiger partial charge in [-0.1, -0.05) is 19.4 Å². The molecule has 0 bridgehead atoms. The molecule has 0 saturated carbocycles. The number of amides is 1. The van der Waals surface area contributed by atoms with Crippen molar-refractivity contribution in [2.75, 3.05) is 18.2 Å². The number of aryl methyl sites for hydroxylation is 1. The van der Waals surface area contributed by atoms with Gasteiger partial charge in [-0.3, -0.25) is 10.1 Å². The molecule has 2 aromatic heterocycles. The van der Waals surface area contributed by atoms with Crippen LogP contribution in [0.3, 0.4) is 0 Å². The van der Waals surface area contributed by atoms with E-state index >= 15 is 0 Å². The minimum atomic E-state index is -0.157. The zero-order chi connectivity index (χ0) is 23.6. The van der Waals surface area contributed by atoms with Crippen LogP contribution in [0.2, 0.25) is 0 Å². The second-order valence-electron chi connectivity index (χ2n) is 7.01. The van der Waals surface area contributed by atoms with Crippen LogP contribution in [-0.2, 0) is 6.42 Å². The largest absolute Gasteiger partial charge is 0.496 e. The molecule has 4 aromatic rings. The van der Waals surface area contributed by atoms with Gasteiger partial charge in [0.05, 0.1) is 12.8 Å². The van der Waals surface area contributed by atoms with Crippen molar-refractivity contribution in [3.63, 3.8) is 0 Å². The molecule has 0 saturated heterocycles. The van der Waals surface area contributed by atoms with Gasteiger partial charge in [0.25, 0.3) is 5.91 Å². The molecule has 0 aliphatic rings. The Morgan fingerprint density at radius 2 is 1.97 bits per heavy atom. The normalized spacial score (nSPS) is 10.3. The first kappa shape index (κ1) is 25.1. The van der Waals surface area contributed by atoms with Crippen molar-refractivity contribution >= 4 is 61.4 Å². The second-order valence-corrected chi connectivity index (χ2v) is 10.0. The van der Waals surface area contributed by atoms with Crippen LogP contribution in [0.25, 0.3) is 11.3 Å². The fourth-order valence-corrected chi connectivity index (χ4v) is 4.40. The molecular formula is C24H25IN4O2S2. The van der Waals surface area contributed by atoms with Crippen LogP contribution >= 0.6 is 45.3 Å². The summed E-state index contributed by atoms with van der Waals surface area (Å²) in [6.45, 7) is 2.19. The Morgan fingerprint density at radius 3 is 2.58 bits per heavy atom. The number of ether oxygens (including phenoxy) is 1. The molecule has 0 aliphatic carbocycles. The van der Waals surface area contributed by atoms with Crippen LogP contribution in [-0.4, -0.2) is 23.0 Å². The molecule has 9 heteroatoms. The van der Waals surface area contributed by atoms with Gasteiger partial charge >= 0.3 is 0 Å². The van der Waals surface area contributed by atoms with E-state index in [1.807, 2.05) is 41.1 Å². The van der Waals surface area contributed by atoms with Gasteiger partial charge in [0.1, 0.15) is 5.75 Å². The summed E-state index contributed by atoms with van der Waals surface area (Å²) in [5.41, 5.74) is 8.84. The van der Waals surface area contributed by atoms with Gasteiger partial charge in [0, 0.05) is 31.7 Å². The zero-order valence-electron chi connectivity index (χ0n) is 18.4. The highest BCUT2D eigenvalue weighted by Crippen LogP contribution is 2.33. The fraction of sp³-hybridized carbons (Fsp3) is 0.208. The number of carbonyl (C=O) groups excluding carboxylic acids is 1. The number of carbonyl (C=O) groups is 1. The van der Waals surface area contributed by atoms with Crippen molar-refractivity contribution in [2.45, 2.75) is 26.2 Å². The molecule has 6 nitrogen and oxygen atoms in total. The number of unbranched alkanes of at least 4 members (excludes halogenated alkanes) is 1. The van der Waals surface area contributed by atoms with Crippen molar-refractivity contribution in [3.8, 4) is 17.0 Å². The van der Waals surface area contributed by atoms with Gasteiger partial charge in [0.15, 0.2) is 10.3 Å². The van der Waals surface area contributed by atoms with Crippen LogP contribution in [0.5, 0.6) is 5.75 Å². The molecule has 0 unspecified atom stereocenters. The number of hydrogen-bond donors (Lipinski definition) is 2. The van der Waals surface area contributed by atoms with Gasteiger partial charge in [-0.15, -0.1) is 22.7 Å². The third-order valence-electron chi connectivity index (χ3n) is 4.64. The Balaban J connectivity index is 0.000000442. The number of methoxy groups -OCH3 is 1. The van der Waals surface area contributed by atoms with Gasteiger partial charge in [0.2, 0.25) is 0 Å². The molecule has 2 aromatic carbocycles. The number of nitrogens with two attached hydrogens (primary N) is 1. The average Bonchev–Trinajstić information content (AvgIpc) is 3.50. The lowest BCUT2D eigenvalue weighted by molar-refractivity contribution is 0.102. The van der Waals surface area contributed by atoms with E-state index in [1.165, 1.54) is 28.2 Å². The van der Waals surface area contributed by atoms with Crippen LogP contribution in [0, 0.1) is 3.57 Å². The summed E-state index contributed by atoms with van der Waals surface area (Å²) in [7, 11) is 1.66. The van der Waals surface area contributed by atoms with E-state index in [2.05, 4.69) is 56.9 Å². The molecule has 4 rings (SSSR count). The third-order valence-corrected chi connectivity index (χ3v) is 6.72. The monoisotopic (exact) mass is 592 g/mol. The Bertz CT molecular complexity index is 1160. The maximum Gasteiger partial charge on any atom is 0.257 e. The molecule has 0 spiro atoms. The molecule has 33 heavy (non-hydrogen) atoms. The number of halogens is 1. The minimum Gasteiger partial charge on any atom is -0.496 e. The minimum absolute atomic E-state index is 0.157. The predicted octanol–water partition coefficient (Wildman–Crippen LogP) is 6.74. The van der Waals surface area contributed by atoms with Gasteiger partial charge in [-0.2, -0.15) is 0 Å². The molecule has 0 fully saturated rings. The first-order chi connectivity index (χ1) is 16.0. The van der Waals surface area contributed by atoms with E-state index in [0.717, 1.165) is 39.8 Å². The van der Waals surface area contributed by atoms with Crippen LogP contribution < -0.4 is 15.8 Å². The topological polar surface area (TPSA) is 90.1 Å². The summed E-state index contributed by atoms with van der Waals surface area (Å²) < 4.78 is 6.60. The van der Waals surface area contributed by atoms with Crippen molar-refractivity contribution in [2.24, 2.45) is 0 Å².